The molecule has 0 aromatic carbocycles. The summed E-state index contributed by atoms with van der Waals surface area (Å²) < 4.78 is 0. The summed E-state index contributed by atoms with van der Waals surface area (Å²) in [6.45, 7) is 0.847. The zero-order valence-corrected chi connectivity index (χ0v) is 9.02. The smallest absolute Gasteiger partial charge is 0.276 e. The molecule has 1 saturated heterocycles. The molecule has 1 atom stereocenters. The van der Waals surface area contributed by atoms with Gasteiger partial charge in [0.25, 0.3) is 5.56 Å². The maximum absolute atomic E-state index is 11.4. The molecule has 1 aliphatic rings. The molecule has 1 aliphatic heterocycles. The Balaban J connectivity index is 2.34. The van der Waals surface area contributed by atoms with Gasteiger partial charge in [-0.05, 0) is 19.3 Å². The summed E-state index contributed by atoms with van der Waals surface area (Å²) in [5.74, 6) is 0.488. The number of anilines is 2. The predicted molar refractivity (Wildman–Crippen MR) is 61.3 cm³/mol. The Hall–Kier alpha value is -1.56. The molecule has 1 aromatic rings. The monoisotopic (exact) mass is 224 g/mol. The molecule has 1 aromatic heterocycles. The average molecular weight is 224 g/mol. The van der Waals surface area contributed by atoms with Crippen LogP contribution >= 0.6 is 0 Å². The standard InChI is InChI=1S/C10H16N4O2/c11-8-9(12-6-13-10(8)16)14-4-2-1-3-7(14)5-15/h6-7,15H,1-5,11H2,(H,12,13,16). The number of hydrogen-bond donors (Lipinski definition) is 3. The molecular weight excluding hydrogens is 208 g/mol. The highest BCUT2D eigenvalue weighted by molar-refractivity contribution is 5.61. The van der Waals surface area contributed by atoms with Gasteiger partial charge in [0.15, 0.2) is 5.82 Å². The first-order valence-electron chi connectivity index (χ1n) is 5.44. The molecule has 16 heavy (non-hydrogen) atoms. The van der Waals surface area contributed by atoms with Crippen molar-refractivity contribution >= 4 is 11.5 Å². The molecule has 1 unspecified atom stereocenters. The molecule has 0 spiro atoms. The number of aliphatic hydroxyl groups is 1. The number of nitrogens with two attached hydrogens (primary N) is 1. The largest absolute Gasteiger partial charge is 0.394 e. The van der Waals surface area contributed by atoms with E-state index in [0.717, 1.165) is 25.8 Å². The van der Waals surface area contributed by atoms with Gasteiger partial charge in [-0.15, -0.1) is 0 Å². The SMILES string of the molecule is Nc1c(N2CCCCC2CO)nc[nH]c1=O. The Bertz CT molecular complexity index is 418. The second-order valence-electron chi connectivity index (χ2n) is 3.99. The Morgan fingerprint density at radius 1 is 1.62 bits per heavy atom. The van der Waals surface area contributed by atoms with Crippen molar-refractivity contribution in [2.45, 2.75) is 25.3 Å². The molecular formula is C10H16N4O2. The highest BCUT2D eigenvalue weighted by atomic mass is 16.3. The maximum Gasteiger partial charge on any atom is 0.276 e. The lowest BCUT2D eigenvalue weighted by Crippen LogP contribution is -2.43. The van der Waals surface area contributed by atoms with E-state index in [-0.39, 0.29) is 23.9 Å². The van der Waals surface area contributed by atoms with Gasteiger partial charge in [0.1, 0.15) is 5.69 Å². The van der Waals surface area contributed by atoms with E-state index in [1.807, 2.05) is 4.90 Å². The number of aromatic nitrogens is 2. The van der Waals surface area contributed by atoms with Crippen LogP contribution in [0.25, 0.3) is 0 Å². The Morgan fingerprint density at radius 3 is 3.19 bits per heavy atom. The van der Waals surface area contributed by atoms with Gasteiger partial charge in [-0.1, -0.05) is 0 Å². The van der Waals surface area contributed by atoms with E-state index in [9.17, 15) is 9.90 Å². The Kier molecular flexibility index (Phi) is 3.09. The molecule has 4 N–H and O–H groups in total. The van der Waals surface area contributed by atoms with Gasteiger partial charge in [0.05, 0.1) is 19.0 Å². The predicted octanol–water partition coefficient (Wildman–Crippen LogP) is -0.297. The van der Waals surface area contributed by atoms with Crippen LogP contribution in [0.4, 0.5) is 11.5 Å². The van der Waals surface area contributed by atoms with Crippen LogP contribution in [0, 0.1) is 0 Å². The van der Waals surface area contributed by atoms with Crippen LogP contribution < -0.4 is 16.2 Å². The third-order valence-electron chi connectivity index (χ3n) is 2.98. The summed E-state index contributed by atoms with van der Waals surface area (Å²) in [7, 11) is 0. The van der Waals surface area contributed by atoms with Crippen LogP contribution in [0.3, 0.4) is 0 Å². The maximum atomic E-state index is 11.4. The lowest BCUT2D eigenvalue weighted by Gasteiger charge is -2.35. The van der Waals surface area contributed by atoms with Gasteiger partial charge in [-0.2, -0.15) is 0 Å². The minimum Gasteiger partial charge on any atom is -0.394 e. The second kappa shape index (κ2) is 4.52. The molecule has 2 rings (SSSR count). The first kappa shape index (κ1) is 10.9. The number of nitrogen functional groups attached to an aromatic ring is 1. The Labute approximate surface area is 93.1 Å². The summed E-state index contributed by atoms with van der Waals surface area (Å²) in [6, 6.07) is 0.0188. The normalized spacial score (nSPS) is 21.1. The van der Waals surface area contributed by atoms with Crippen molar-refractivity contribution in [2.24, 2.45) is 0 Å². The van der Waals surface area contributed by atoms with E-state index in [2.05, 4.69) is 9.97 Å². The van der Waals surface area contributed by atoms with Crippen molar-refractivity contribution in [1.29, 1.82) is 0 Å². The molecule has 6 heteroatoms. The third kappa shape index (κ3) is 1.88. The third-order valence-corrected chi connectivity index (χ3v) is 2.98. The quantitative estimate of drug-likeness (QED) is 0.641. The van der Waals surface area contributed by atoms with E-state index in [1.165, 1.54) is 6.33 Å². The number of rotatable bonds is 2. The number of aromatic amines is 1. The van der Waals surface area contributed by atoms with E-state index in [4.69, 9.17) is 5.73 Å². The number of hydrogen-bond acceptors (Lipinski definition) is 5. The summed E-state index contributed by atoms with van der Waals surface area (Å²) in [5, 5.41) is 9.29. The van der Waals surface area contributed by atoms with Crippen molar-refractivity contribution in [3.8, 4) is 0 Å². The first-order valence-corrected chi connectivity index (χ1v) is 5.44. The van der Waals surface area contributed by atoms with Gasteiger partial charge in [-0.25, -0.2) is 4.98 Å². The van der Waals surface area contributed by atoms with E-state index in [1.54, 1.807) is 0 Å². The van der Waals surface area contributed by atoms with Crippen molar-refractivity contribution in [2.75, 3.05) is 23.8 Å². The first-order chi connectivity index (χ1) is 7.74. The summed E-state index contributed by atoms with van der Waals surface area (Å²) >= 11 is 0. The number of piperidine rings is 1. The van der Waals surface area contributed by atoms with Crippen molar-refractivity contribution in [3.05, 3.63) is 16.7 Å². The van der Waals surface area contributed by atoms with Gasteiger partial charge >= 0.3 is 0 Å². The zero-order valence-electron chi connectivity index (χ0n) is 9.02. The van der Waals surface area contributed by atoms with Crippen LogP contribution in [-0.4, -0.2) is 34.3 Å². The van der Waals surface area contributed by atoms with Gasteiger partial charge in [-0.3, -0.25) is 4.79 Å². The fourth-order valence-electron chi connectivity index (χ4n) is 2.10. The van der Waals surface area contributed by atoms with Gasteiger partial charge in [0.2, 0.25) is 0 Å². The van der Waals surface area contributed by atoms with Crippen LogP contribution in [0.1, 0.15) is 19.3 Å². The van der Waals surface area contributed by atoms with Crippen LogP contribution in [-0.2, 0) is 0 Å². The molecule has 0 aliphatic carbocycles. The van der Waals surface area contributed by atoms with E-state index < -0.39 is 0 Å². The van der Waals surface area contributed by atoms with E-state index >= 15 is 0 Å². The molecule has 6 nitrogen and oxygen atoms in total. The summed E-state index contributed by atoms with van der Waals surface area (Å²) in [6.07, 6.45) is 4.37. The molecule has 2 heterocycles. The van der Waals surface area contributed by atoms with Crippen molar-refractivity contribution in [1.82, 2.24) is 9.97 Å². The van der Waals surface area contributed by atoms with Crippen molar-refractivity contribution < 1.29 is 5.11 Å². The second-order valence-corrected chi connectivity index (χ2v) is 3.99. The van der Waals surface area contributed by atoms with Crippen LogP contribution in [0.5, 0.6) is 0 Å². The number of nitrogens with one attached hydrogen (secondary N) is 1. The summed E-state index contributed by atoms with van der Waals surface area (Å²) in [4.78, 5) is 19.8. The number of H-pyrrole nitrogens is 1. The number of nitrogens with zero attached hydrogens (tertiary/aromatic N) is 2. The summed E-state index contributed by atoms with van der Waals surface area (Å²) in [5.41, 5.74) is 5.50. The minimum atomic E-state index is -0.327. The molecule has 88 valence electrons. The lowest BCUT2D eigenvalue weighted by atomic mass is 10.0. The molecule has 0 saturated carbocycles. The molecule has 0 bridgehead atoms. The zero-order chi connectivity index (χ0) is 11.5. The number of aliphatic hydroxyl groups excluding tert-OH is 1. The van der Waals surface area contributed by atoms with E-state index in [0.29, 0.717) is 5.82 Å². The van der Waals surface area contributed by atoms with Crippen molar-refractivity contribution in [3.63, 3.8) is 0 Å². The minimum absolute atomic E-state index is 0.0188. The topological polar surface area (TPSA) is 95.2 Å². The molecule has 1 fully saturated rings. The van der Waals surface area contributed by atoms with Gasteiger partial charge in [0, 0.05) is 6.54 Å². The van der Waals surface area contributed by atoms with Crippen LogP contribution in [0.2, 0.25) is 0 Å². The average Bonchev–Trinajstić information content (AvgIpc) is 2.33. The Morgan fingerprint density at radius 2 is 2.44 bits per heavy atom. The lowest BCUT2D eigenvalue weighted by molar-refractivity contribution is 0.239. The fourth-order valence-corrected chi connectivity index (χ4v) is 2.10. The van der Waals surface area contributed by atoms with Crippen LogP contribution in [0.15, 0.2) is 11.1 Å². The fraction of sp³-hybridized carbons (Fsp3) is 0.600. The molecule has 0 amide bonds. The van der Waals surface area contributed by atoms with Gasteiger partial charge < -0.3 is 20.7 Å². The highest BCUT2D eigenvalue weighted by Crippen LogP contribution is 2.24. The highest BCUT2D eigenvalue weighted by Gasteiger charge is 2.24. The molecule has 0 radical (unpaired) electrons.